The number of benzene rings is 1. The number of hydrogen-bond donors (Lipinski definition) is 0. The molecule has 4 nitrogen and oxygen atoms in total. The molecule has 1 aliphatic heterocycles. The topological polar surface area (TPSA) is 42.4 Å². The molecule has 1 atom stereocenters. The molecule has 1 fully saturated rings. The summed E-state index contributed by atoms with van der Waals surface area (Å²) < 4.78 is 18.6. The number of ether oxygens (including phenoxy) is 1. The van der Waals surface area contributed by atoms with Crippen molar-refractivity contribution < 1.29 is 13.9 Å². The molecule has 1 saturated heterocycles. The number of pyridine rings is 1. The van der Waals surface area contributed by atoms with Gasteiger partial charge >= 0.3 is 5.97 Å². The molecule has 110 valence electrons. The predicted molar refractivity (Wildman–Crippen MR) is 77.1 cm³/mol. The molecule has 1 aromatic carbocycles. The summed E-state index contributed by atoms with van der Waals surface area (Å²) in [5.74, 6) is -0.468. The Balaban J connectivity index is 1.80. The second kappa shape index (κ2) is 5.77. The summed E-state index contributed by atoms with van der Waals surface area (Å²) in [5, 5.41) is 0.540. The van der Waals surface area contributed by atoms with Crippen molar-refractivity contribution in [3.05, 3.63) is 41.8 Å². The van der Waals surface area contributed by atoms with Crippen LogP contribution in [0, 0.1) is 11.7 Å². The molecule has 1 unspecified atom stereocenters. The SMILES string of the molecule is COC(=O)C1CCN(Cc2ccc(F)c3cccnc23)C1. The van der Waals surface area contributed by atoms with Crippen LogP contribution >= 0.6 is 0 Å². The zero-order valence-corrected chi connectivity index (χ0v) is 11.9. The minimum atomic E-state index is -0.254. The quantitative estimate of drug-likeness (QED) is 0.813. The Morgan fingerprint density at radius 1 is 1.48 bits per heavy atom. The number of rotatable bonds is 3. The summed E-state index contributed by atoms with van der Waals surface area (Å²) >= 11 is 0. The summed E-state index contributed by atoms with van der Waals surface area (Å²) in [5.41, 5.74) is 1.68. The van der Waals surface area contributed by atoms with Gasteiger partial charge in [0.05, 0.1) is 18.5 Å². The van der Waals surface area contributed by atoms with E-state index in [4.69, 9.17) is 4.74 Å². The van der Waals surface area contributed by atoms with Gasteiger partial charge in [-0.2, -0.15) is 0 Å². The van der Waals surface area contributed by atoms with Crippen molar-refractivity contribution in [1.82, 2.24) is 9.88 Å². The lowest BCUT2D eigenvalue weighted by Crippen LogP contribution is -2.23. The molecule has 0 amide bonds. The molecule has 0 bridgehead atoms. The van der Waals surface area contributed by atoms with Crippen molar-refractivity contribution in [3.8, 4) is 0 Å². The maximum absolute atomic E-state index is 13.8. The minimum Gasteiger partial charge on any atom is -0.469 e. The normalized spacial score (nSPS) is 19.0. The van der Waals surface area contributed by atoms with Gasteiger partial charge in [0.1, 0.15) is 5.82 Å². The Bertz CT molecular complexity index is 674. The van der Waals surface area contributed by atoms with Gasteiger partial charge in [-0.1, -0.05) is 6.07 Å². The standard InChI is InChI=1S/C16H17FN2O2/c1-21-16(20)12-6-8-19(10-12)9-11-4-5-14(17)13-3-2-7-18-15(11)13/h2-5,7,12H,6,8-10H2,1H3. The first-order valence-corrected chi connectivity index (χ1v) is 7.01. The average Bonchev–Trinajstić information content (AvgIpc) is 2.98. The first kappa shape index (κ1) is 13.9. The Morgan fingerprint density at radius 2 is 2.33 bits per heavy atom. The van der Waals surface area contributed by atoms with E-state index in [2.05, 4.69) is 9.88 Å². The van der Waals surface area contributed by atoms with E-state index in [-0.39, 0.29) is 17.7 Å². The monoisotopic (exact) mass is 288 g/mol. The molecule has 0 N–H and O–H groups in total. The number of methoxy groups -OCH3 is 1. The molecule has 1 aliphatic rings. The van der Waals surface area contributed by atoms with Gasteiger partial charge in [0, 0.05) is 24.7 Å². The molecule has 2 aromatic rings. The fourth-order valence-electron chi connectivity index (χ4n) is 2.90. The minimum absolute atomic E-state index is 0.0605. The first-order valence-electron chi connectivity index (χ1n) is 7.01. The van der Waals surface area contributed by atoms with Crippen LogP contribution in [0.1, 0.15) is 12.0 Å². The molecule has 0 saturated carbocycles. The second-order valence-electron chi connectivity index (χ2n) is 5.35. The van der Waals surface area contributed by atoms with Crippen LogP contribution < -0.4 is 0 Å². The molecular weight excluding hydrogens is 271 g/mol. The van der Waals surface area contributed by atoms with E-state index in [1.54, 1.807) is 24.4 Å². The molecule has 3 rings (SSSR count). The maximum atomic E-state index is 13.8. The van der Waals surface area contributed by atoms with E-state index < -0.39 is 0 Å². The summed E-state index contributed by atoms with van der Waals surface area (Å²) in [6.07, 6.45) is 2.48. The molecule has 2 heterocycles. The third kappa shape index (κ3) is 2.74. The molecule has 0 radical (unpaired) electrons. The summed E-state index contributed by atoms with van der Waals surface area (Å²) in [7, 11) is 1.42. The van der Waals surface area contributed by atoms with E-state index in [1.165, 1.54) is 13.2 Å². The van der Waals surface area contributed by atoms with Crippen molar-refractivity contribution >= 4 is 16.9 Å². The van der Waals surface area contributed by atoms with Crippen molar-refractivity contribution in [2.45, 2.75) is 13.0 Å². The van der Waals surface area contributed by atoms with E-state index in [0.29, 0.717) is 24.0 Å². The predicted octanol–water partition coefficient (Wildman–Crippen LogP) is 2.37. The van der Waals surface area contributed by atoms with E-state index in [1.807, 2.05) is 0 Å². The van der Waals surface area contributed by atoms with Crippen molar-refractivity contribution in [3.63, 3.8) is 0 Å². The zero-order chi connectivity index (χ0) is 14.8. The van der Waals surface area contributed by atoms with Crippen molar-refractivity contribution in [1.29, 1.82) is 0 Å². The van der Waals surface area contributed by atoms with Gasteiger partial charge in [0.15, 0.2) is 0 Å². The Hall–Kier alpha value is -2.01. The zero-order valence-electron chi connectivity index (χ0n) is 11.9. The lowest BCUT2D eigenvalue weighted by molar-refractivity contribution is -0.144. The van der Waals surface area contributed by atoms with Crippen LogP contribution in [-0.2, 0) is 16.1 Å². The van der Waals surface area contributed by atoms with E-state index in [9.17, 15) is 9.18 Å². The molecule has 0 spiro atoms. The van der Waals surface area contributed by atoms with Crippen LogP contribution in [-0.4, -0.2) is 36.1 Å². The van der Waals surface area contributed by atoms with Crippen LogP contribution in [0.25, 0.3) is 10.9 Å². The Labute approximate surface area is 122 Å². The number of likely N-dealkylation sites (tertiary alicyclic amines) is 1. The molecule has 5 heteroatoms. The van der Waals surface area contributed by atoms with E-state index in [0.717, 1.165) is 18.5 Å². The van der Waals surface area contributed by atoms with Gasteiger partial charge in [-0.25, -0.2) is 4.39 Å². The van der Waals surface area contributed by atoms with Gasteiger partial charge in [0.2, 0.25) is 0 Å². The van der Waals surface area contributed by atoms with Crippen LogP contribution in [0.5, 0.6) is 0 Å². The summed E-state index contributed by atoms with van der Waals surface area (Å²) in [4.78, 5) is 18.0. The molecule has 21 heavy (non-hydrogen) atoms. The average molecular weight is 288 g/mol. The van der Waals surface area contributed by atoms with Gasteiger partial charge in [-0.15, -0.1) is 0 Å². The van der Waals surface area contributed by atoms with Crippen LogP contribution in [0.3, 0.4) is 0 Å². The van der Waals surface area contributed by atoms with Crippen LogP contribution in [0.4, 0.5) is 4.39 Å². The lowest BCUT2D eigenvalue weighted by Gasteiger charge is -2.16. The smallest absolute Gasteiger partial charge is 0.310 e. The highest BCUT2D eigenvalue weighted by molar-refractivity contribution is 5.82. The number of hydrogen-bond acceptors (Lipinski definition) is 4. The number of fused-ring (bicyclic) bond motifs is 1. The van der Waals surface area contributed by atoms with Gasteiger partial charge in [0.25, 0.3) is 0 Å². The molecule has 0 aliphatic carbocycles. The second-order valence-corrected chi connectivity index (χ2v) is 5.35. The van der Waals surface area contributed by atoms with Gasteiger partial charge < -0.3 is 4.74 Å². The molecular formula is C16H17FN2O2. The van der Waals surface area contributed by atoms with Gasteiger partial charge in [-0.3, -0.25) is 14.7 Å². The van der Waals surface area contributed by atoms with Gasteiger partial charge in [-0.05, 0) is 36.7 Å². The number of nitrogens with zero attached hydrogens (tertiary/aromatic N) is 2. The number of esters is 1. The van der Waals surface area contributed by atoms with Crippen molar-refractivity contribution in [2.75, 3.05) is 20.2 Å². The summed E-state index contributed by atoms with van der Waals surface area (Å²) in [6.45, 7) is 2.19. The third-order valence-electron chi connectivity index (χ3n) is 4.00. The fourth-order valence-corrected chi connectivity index (χ4v) is 2.90. The highest BCUT2D eigenvalue weighted by Crippen LogP contribution is 2.24. The lowest BCUT2D eigenvalue weighted by atomic mass is 10.1. The number of aromatic nitrogens is 1. The number of halogens is 1. The van der Waals surface area contributed by atoms with Crippen LogP contribution in [0.2, 0.25) is 0 Å². The number of carbonyl (C=O) groups is 1. The highest BCUT2D eigenvalue weighted by Gasteiger charge is 2.29. The van der Waals surface area contributed by atoms with Crippen molar-refractivity contribution in [2.24, 2.45) is 5.92 Å². The van der Waals surface area contributed by atoms with E-state index >= 15 is 0 Å². The summed E-state index contributed by atoms with van der Waals surface area (Å²) in [6, 6.07) is 6.73. The third-order valence-corrected chi connectivity index (χ3v) is 4.00. The Kier molecular flexibility index (Phi) is 3.84. The maximum Gasteiger partial charge on any atom is 0.310 e. The molecule has 1 aromatic heterocycles. The van der Waals surface area contributed by atoms with Crippen LogP contribution in [0.15, 0.2) is 30.5 Å². The largest absolute Gasteiger partial charge is 0.469 e. The highest BCUT2D eigenvalue weighted by atomic mass is 19.1. The fraction of sp³-hybridized carbons (Fsp3) is 0.375. The first-order chi connectivity index (χ1) is 10.2. The number of carbonyl (C=O) groups excluding carboxylic acids is 1. The Morgan fingerprint density at radius 3 is 3.14 bits per heavy atom.